The Kier molecular flexibility index (Phi) is 4.37. The number of aryl methyl sites for hydroxylation is 1. The van der Waals surface area contributed by atoms with E-state index in [2.05, 4.69) is 11.5 Å². The highest BCUT2D eigenvalue weighted by Crippen LogP contribution is 2.38. The van der Waals surface area contributed by atoms with E-state index in [4.69, 9.17) is 16.7 Å². The lowest BCUT2D eigenvalue weighted by atomic mass is 10.2. The number of benzene rings is 2. The summed E-state index contributed by atoms with van der Waals surface area (Å²) in [7, 11) is 2.04. The van der Waals surface area contributed by atoms with Gasteiger partial charge in [-0.25, -0.2) is 0 Å². The number of carbonyl (C=O) groups is 1. The zero-order chi connectivity index (χ0) is 16.6. The number of hydrogen-bond acceptors (Lipinski definition) is 2. The number of halogens is 1. The van der Waals surface area contributed by atoms with Gasteiger partial charge in [0.25, 0.3) is 0 Å². The first-order valence-electron chi connectivity index (χ1n) is 7.19. The summed E-state index contributed by atoms with van der Waals surface area (Å²) in [6.45, 7) is 2.09. The van der Waals surface area contributed by atoms with Crippen LogP contribution in [-0.4, -0.2) is 15.6 Å². The number of rotatable bonds is 4. The van der Waals surface area contributed by atoms with Crippen LogP contribution >= 0.6 is 23.4 Å². The monoisotopic (exact) mass is 345 g/mol. The molecule has 0 saturated carbocycles. The highest BCUT2D eigenvalue weighted by atomic mass is 35.5. The molecule has 1 heterocycles. The van der Waals surface area contributed by atoms with Gasteiger partial charge in [-0.2, -0.15) is 0 Å². The maximum atomic E-state index is 10.7. The summed E-state index contributed by atoms with van der Waals surface area (Å²) < 4.78 is 2.14. The van der Waals surface area contributed by atoms with Gasteiger partial charge in [-0.05, 0) is 36.8 Å². The first kappa shape index (κ1) is 16.0. The zero-order valence-corrected chi connectivity index (χ0v) is 14.4. The van der Waals surface area contributed by atoms with Crippen molar-refractivity contribution >= 4 is 40.2 Å². The minimum absolute atomic E-state index is 0.0523. The van der Waals surface area contributed by atoms with Crippen molar-refractivity contribution in [2.75, 3.05) is 0 Å². The van der Waals surface area contributed by atoms with E-state index in [9.17, 15) is 4.79 Å². The van der Waals surface area contributed by atoms with E-state index in [1.54, 1.807) is 11.8 Å². The van der Waals surface area contributed by atoms with Crippen LogP contribution in [0.3, 0.4) is 0 Å². The van der Waals surface area contributed by atoms with Crippen molar-refractivity contribution in [3.05, 3.63) is 58.7 Å². The lowest BCUT2D eigenvalue weighted by molar-refractivity contribution is -0.136. The molecule has 0 unspecified atom stereocenters. The van der Waals surface area contributed by atoms with E-state index in [0.717, 1.165) is 21.0 Å². The molecule has 0 aliphatic rings. The third-order valence-electron chi connectivity index (χ3n) is 3.90. The second kappa shape index (κ2) is 6.30. The van der Waals surface area contributed by atoms with Crippen LogP contribution in [0.4, 0.5) is 0 Å². The van der Waals surface area contributed by atoms with Crippen molar-refractivity contribution in [3.8, 4) is 0 Å². The molecule has 118 valence electrons. The van der Waals surface area contributed by atoms with Gasteiger partial charge in [0.05, 0.1) is 11.9 Å². The molecule has 1 N–H and O–H groups in total. The van der Waals surface area contributed by atoms with E-state index in [1.165, 1.54) is 16.0 Å². The molecule has 23 heavy (non-hydrogen) atoms. The van der Waals surface area contributed by atoms with Gasteiger partial charge in [0.15, 0.2) is 0 Å². The number of nitrogens with zero attached hydrogens (tertiary/aromatic N) is 1. The highest BCUT2D eigenvalue weighted by Gasteiger charge is 2.13. The first-order chi connectivity index (χ1) is 11.0. The van der Waals surface area contributed by atoms with E-state index in [0.29, 0.717) is 0 Å². The predicted octanol–water partition coefficient (Wildman–Crippen LogP) is 4.92. The van der Waals surface area contributed by atoms with Crippen LogP contribution in [-0.2, 0) is 18.3 Å². The number of carboxylic acids is 1. The molecule has 0 fully saturated rings. The number of aliphatic carboxylic acids is 1. The third kappa shape index (κ3) is 3.23. The van der Waals surface area contributed by atoms with Crippen molar-refractivity contribution in [2.45, 2.75) is 23.1 Å². The molecule has 0 atom stereocenters. The maximum Gasteiger partial charge on any atom is 0.307 e. The molecule has 0 bridgehead atoms. The molecule has 1 aromatic heterocycles. The molecule has 5 heteroatoms. The number of hydrogen-bond donors (Lipinski definition) is 1. The molecule has 3 rings (SSSR count). The van der Waals surface area contributed by atoms with Crippen molar-refractivity contribution < 1.29 is 9.90 Å². The summed E-state index contributed by atoms with van der Waals surface area (Å²) in [4.78, 5) is 13.0. The second-order valence-electron chi connectivity index (χ2n) is 5.45. The Bertz CT molecular complexity index is 884. The average molecular weight is 346 g/mol. The van der Waals surface area contributed by atoms with Crippen molar-refractivity contribution in [3.63, 3.8) is 0 Å². The van der Waals surface area contributed by atoms with Gasteiger partial charge < -0.3 is 9.67 Å². The fourth-order valence-electron chi connectivity index (χ4n) is 2.60. The van der Waals surface area contributed by atoms with Gasteiger partial charge in [-0.15, -0.1) is 0 Å². The smallest absolute Gasteiger partial charge is 0.307 e. The SMILES string of the molecule is Cc1c(Sc2ccc(CC(=O)O)cc2)c2ccc(Cl)cc2n1C. The fourth-order valence-corrected chi connectivity index (χ4v) is 3.84. The lowest BCUT2D eigenvalue weighted by Crippen LogP contribution is -1.99. The lowest BCUT2D eigenvalue weighted by Gasteiger charge is -2.04. The topological polar surface area (TPSA) is 42.2 Å². The Labute approximate surface area is 143 Å². The largest absolute Gasteiger partial charge is 0.481 e. The summed E-state index contributed by atoms with van der Waals surface area (Å²) in [5.74, 6) is -0.813. The van der Waals surface area contributed by atoms with Gasteiger partial charge in [-0.1, -0.05) is 41.6 Å². The Hall–Kier alpha value is -1.91. The standard InChI is InChI=1S/C18H16ClNO2S/c1-11-18(15-8-5-13(19)10-16(15)20(11)2)23-14-6-3-12(4-7-14)9-17(21)22/h3-8,10H,9H2,1-2H3,(H,21,22). The van der Waals surface area contributed by atoms with Gasteiger partial charge >= 0.3 is 5.97 Å². The minimum atomic E-state index is -0.813. The molecule has 0 amide bonds. The molecule has 3 nitrogen and oxygen atoms in total. The van der Waals surface area contributed by atoms with E-state index >= 15 is 0 Å². The predicted molar refractivity (Wildman–Crippen MR) is 94.6 cm³/mol. The Morgan fingerprint density at radius 2 is 1.91 bits per heavy atom. The van der Waals surface area contributed by atoms with E-state index in [1.807, 2.05) is 49.5 Å². The van der Waals surface area contributed by atoms with Crippen molar-refractivity contribution in [1.29, 1.82) is 0 Å². The molecule has 3 aromatic rings. The van der Waals surface area contributed by atoms with Gasteiger partial charge in [0.1, 0.15) is 0 Å². The van der Waals surface area contributed by atoms with Crippen molar-refractivity contribution in [2.24, 2.45) is 7.05 Å². The summed E-state index contributed by atoms with van der Waals surface area (Å²) in [6, 6.07) is 13.6. The van der Waals surface area contributed by atoms with Gasteiger partial charge in [0.2, 0.25) is 0 Å². The first-order valence-corrected chi connectivity index (χ1v) is 8.38. The molecule has 0 aliphatic carbocycles. The highest BCUT2D eigenvalue weighted by molar-refractivity contribution is 7.99. The summed E-state index contributed by atoms with van der Waals surface area (Å²) in [5, 5.41) is 10.7. The molecular weight excluding hydrogens is 330 g/mol. The number of fused-ring (bicyclic) bond motifs is 1. The maximum absolute atomic E-state index is 10.7. The van der Waals surface area contributed by atoms with Gasteiger partial charge in [0, 0.05) is 32.9 Å². The van der Waals surface area contributed by atoms with Crippen LogP contribution < -0.4 is 0 Å². The number of carboxylic acid groups (broad SMARTS) is 1. The summed E-state index contributed by atoms with van der Waals surface area (Å²) >= 11 is 7.79. The van der Waals surface area contributed by atoms with Crippen LogP contribution in [0.5, 0.6) is 0 Å². The van der Waals surface area contributed by atoms with E-state index < -0.39 is 5.97 Å². The quantitative estimate of drug-likeness (QED) is 0.729. The second-order valence-corrected chi connectivity index (χ2v) is 6.97. The van der Waals surface area contributed by atoms with Crippen LogP contribution in [0.25, 0.3) is 10.9 Å². The molecule has 0 aliphatic heterocycles. The van der Waals surface area contributed by atoms with E-state index in [-0.39, 0.29) is 6.42 Å². The molecule has 0 saturated heterocycles. The van der Waals surface area contributed by atoms with Crippen LogP contribution in [0.15, 0.2) is 52.3 Å². The Morgan fingerprint density at radius 1 is 1.22 bits per heavy atom. The molecule has 0 spiro atoms. The molecule has 0 radical (unpaired) electrons. The summed E-state index contributed by atoms with van der Waals surface area (Å²) in [6.07, 6.45) is 0.0523. The zero-order valence-electron chi connectivity index (χ0n) is 12.8. The normalized spacial score (nSPS) is 11.1. The molecular formula is C18H16ClNO2S. The van der Waals surface area contributed by atoms with Gasteiger partial charge in [-0.3, -0.25) is 4.79 Å². The third-order valence-corrected chi connectivity index (χ3v) is 5.36. The fraction of sp³-hybridized carbons (Fsp3) is 0.167. The Balaban J connectivity index is 1.95. The van der Waals surface area contributed by atoms with Crippen LogP contribution in [0, 0.1) is 6.92 Å². The minimum Gasteiger partial charge on any atom is -0.481 e. The summed E-state index contributed by atoms with van der Waals surface area (Å²) in [5.41, 5.74) is 3.10. The van der Waals surface area contributed by atoms with Crippen molar-refractivity contribution in [1.82, 2.24) is 4.57 Å². The van der Waals surface area contributed by atoms with Crippen LogP contribution in [0.1, 0.15) is 11.3 Å². The molecule has 2 aromatic carbocycles. The number of aromatic nitrogens is 1. The Morgan fingerprint density at radius 3 is 2.57 bits per heavy atom. The average Bonchev–Trinajstić information content (AvgIpc) is 2.73. The van der Waals surface area contributed by atoms with Crippen LogP contribution in [0.2, 0.25) is 5.02 Å².